The molecule has 3 aromatic rings. The molecule has 1 aliphatic heterocycles. The fourth-order valence-electron chi connectivity index (χ4n) is 4.17. The van der Waals surface area contributed by atoms with Crippen molar-refractivity contribution in [2.45, 2.75) is 59.1 Å². The zero-order chi connectivity index (χ0) is 25.9. The van der Waals surface area contributed by atoms with Gasteiger partial charge in [0.1, 0.15) is 19.0 Å². The van der Waals surface area contributed by atoms with Crippen molar-refractivity contribution in [2.24, 2.45) is 0 Å². The number of aromatic nitrogens is 3. The number of benzene rings is 2. The third-order valence-electron chi connectivity index (χ3n) is 6.17. The Bertz CT molecular complexity index is 1260. The topological polar surface area (TPSA) is 87.5 Å². The molecule has 0 amide bonds. The van der Waals surface area contributed by atoms with Crippen LogP contribution in [0.4, 0.5) is 5.95 Å². The van der Waals surface area contributed by atoms with E-state index in [1.807, 2.05) is 32.0 Å². The van der Waals surface area contributed by atoms with E-state index in [4.69, 9.17) is 14.2 Å². The van der Waals surface area contributed by atoms with Gasteiger partial charge in [-0.25, -0.2) is 9.48 Å². The fraction of sp³-hybridized carbons (Fsp3) is 0.393. The number of hydrogen-bond donors (Lipinski definition) is 1. The number of hydrogen-bond acceptors (Lipinski definition) is 7. The van der Waals surface area contributed by atoms with Gasteiger partial charge < -0.3 is 19.5 Å². The Balaban J connectivity index is 1.61. The number of nitrogens with zero attached hydrogens (tertiary/aromatic N) is 3. The summed E-state index contributed by atoms with van der Waals surface area (Å²) in [5, 5.41) is 7.52. The van der Waals surface area contributed by atoms with E-state index in [1.54, 1.807) is 11.8 Å². The monoisotopic (exact) mass is 490 g/mol. The molecule has 4 rings (SSSR count). The van der Waals surface area contributed by atoms with Crippen molar-refractivity contribution in [3.8, 4) is 11.5 Å². The van der Waals surface area contributed by atoms with Crippen LogP contribution >= 0.6 is 0 Å². The molecule has 1 atom stereocenters. The molecule has 190 valence electrons. The van der Waals surface area contributed by atoms with Gasteiger partial charge in [0.2, 0.25) is 5.95 Å². The lowest BCUT2D eigenvalue weighted by atomic mass is 9.87. The van der Waals surface area contributed by atoms with Crippen molar-refractivity contribution >= 4 is 11.9 Å². The molecule has 1 unspecified atom stereocenters. The number of ether oxygens (including phenoxy) is 3. The highest BCUT2D eigenvalue weighted by Gasteiger charge is 2.34. The molecule has 0 saturated heterocycles. The summed E-state index contributed by atoms with van der Waals surface area (Å²) in [6, 6.07) is 13.6. The van der Waals surface area contributed by atoms with Gasteiger partial charge in [-0.1, -0.05) is 58.0 Å². The Morgan fingerprint density at radius 1 is 1.11 bits per heavy atom. The van der Waals surface area contributed by atoms with E-state index in [9.17, 15) is 4.79 Å². The Hall–Kier alpha value is -3.81. The van der Waals surface area contributed by atoms with E-state index < -0.39 is 6.04 Å². The smallest absolute Gasteiger partial charge is 0.338 e. The van der Waals surface area contributed by atoms with Crippen LogP contribution in [0.5, 0.6) is 11.5 Å². The van der Waals surface area contributed by atoms with Gasteiger partial charge in [-0.2, -0.15) is 10.1 Å². The number of fused-ring (bicyclic) bond motifs is 1. The van der Waals surface area contributed by atoms with Crippen LogP contribution in [0.2, 0.25) is 0 Å². The van der Waals surface area contributed by atoms with Crippen molar-refractivity contribution in [1.29, 1.82) is 0 Å². The molecule has 1 aromatic heterocycles. The lowest BCUT2D eigenvalue weighted by Crippen LogP contribution is -2.29. The zero-order valence-corrected chi connectivity index (χ0v) is 21.8. The molecular weight excluding hydrogens is 456 g/mol. The number of nitrogens with one attached hydrogen (secondary N) is 1. The number of carbonyl (C=O) groups excluding carboxylic acids is 1. The first-order valence-corrected chi connectivity index (χ1v) is 12.2. The molecule has 0 saturated carbocycles. The van der Waals surface area contributed by atoms with E-state index in [1.165, 1.54) is 11.9 Å². The largest absolute Gasteiger partial charge is 0.493 e. The molecule has 1 aliphatic rings. The molecule has 0 fully saturated rings. The molecule has 36 heavy (non-hydrogen) atoms. The first-order valence-electron chi connectivity index (χ1n) is 12.2. The summed E-state index contributed by atoms with van der Waals surface area (Å²) in [4.78, 5) is 17.3. The number of carbonyl (C=O) groups is 1. The molecule has 0 aliphatic carbocycles. The minimum atomic E-state index is -0.513. The third kappa shape index (κ3) is 5.22. The summed E-state index contributed by atoms with van der Waals surface area (Å²) in [6.45, 7) is 11.1. The molecule has 0 bridgehead atoms. The van der Waals surface area contributed by atoms with Crippen molar-refractivity contribution in [1.82, 2.24) is 14.8 Å². The van der Waals surface area contributed by atoms with Crippen molar-refractivity contribution in [3.05, 3.63) is 76.8 Å². The third-order valence-corrected chi connectivity index (χ3v) is 6.17. The average molecular weight is 491 g/mol. The van der Waals surface area contributed by atoms with Crippen molar-refractivity contribution in [3.63, 3.8) is 0 Å². The van der Waals surface area contributed by atoms with Crippen LogP contribution in [0.25, 0.3) is 0 Å². The second-order valence-corrected chi connectivity index (χ2v) is 9.88. The van der Waals surface area contributed by atoms with Gasteiger partial charge in [0.05, 0.1) is 19.3 Å². The summed E-state index contributed by atoms with van der Waals surface area (Å²) < 4.78 is 18.9. The van der Waals surface area contributed by atoms with Gasteiger partial charge in [0.15, 0.2) is 11.5 Å². The molecule has 2 aromatic carbocycles. The maximum Gasteiger partial charge on any atom is 0.338 e. The highest BCUT2D eigenvalue weighted by atomic mass is 16.5. The van der Waals surface area contributed by atoms with Crippen LogP contribution in [-0.4, -0.2) is 34.5 Å². The van der Waals surface area contributed by atoms with Crippen LogP contribution in [0.1, 0.15) is 63.8 Å². The second kappa shape index (κ2) is 10.4. The maximum absolute atomic E-state index is 13.0. The van der Waals surface area contributed by atoms with Crippen molar-refractivity contribution in [2.75, 3.05) is 19.0 Å². The highest BCUT2D eigenvalue weighted by molar-refractivity contribution is 5.92. The molecule has 0 radical (unpaired) electrons. The Labute approximate surface area is 212 Å². The minimum Gasteiger partial charge on any atom is -0.493 e. The number of anilines is 1. The molecule has 1 N–H and O–H groups in total. The molecule has 8 nitrogen and oxygen atoms in total. The predicted molar refractivity (Wildman–Crippen MR) is 138 cm³/mol. The second-order valence-electron chi connectivity index (χ2n) is 9.88. The standard InChI is InChI=1S/C28H34N4O4/c1-7-14-35-26(33)24-18(2)31-27-29-17-30-32(27)25(24)20-10-13-22(23(15-20)34-6)36-16-19-8-11-21(12-9-19)28(3,4)5/h8-13,15,17,25H,7,14,16H2,1-6H3,(H,29,30,31). The van der Waals surface area contributed by atoms with Crippen LogP contribution in [-0.2, 0) is 21.6 Å². The summed E-state index contributed by atoms with van der Waals surface area (Å²) in [7, 11) is 1.60. The van der Waals surface area contributed by atoms with Gasteiger partial charge >= 0.3 is 5.97 Å². The zero-order valence-electron chi connectivity index (χ0n) is 21.8. The summed E-state index contributed by atoms with van der Waals surface area (Å²) in [5.74, 6) is 1.36. The number of rotatable bonds is 8. The minimum absolute atomic E-state index is 0.103. The van der Waals surface area contributed by atoms with E-state index in [0.29, 0.717) is 41.9 Å². The van der Waals surface area contributed by atoms with Crippen LogP contribution in [0.3, 0.4) is 0 Å². The van der Waals surface area contributed by atoms with Crippen LogP contribution in [0.15, 0.2) is 60.1 Å². The number of esters is 1. The van der Waals surface area contributed by atoms with E-state index in [-0.39, 0.29) is 11.4 Å². The number of allylic oxidation sites excluding steroid dienone is 1. The van der Waals surface area contributed by atoms with E-state index in [2.05, 4.69) is 60.4 Å². The average Bonchev–Trinajstić information content (AvgIpc) is 3.32. The van der Waals surface area contributed by atoms with Gasteiger partial charge in [-0.3, -0.25) is 0 Å². The molecule has 2 heterocycles. The van der Waals surface area contributed by atoms with Crippen LogP contribution < -0.4 is 14.8 Å². The first kappa shape index (κ1) is 25.3. The van der Waals surface area contributed by atoms with E-state index in [0.717, 1.165) is 17.5 Å². The Morgan fingerprint density at radius 3 is 2.53 bits per heavy atom. The van der Waals surface area contributed by atoms with E-state index >= 15 is 0 Å². The van der Waals surface area contributed by atoms with Crippen LogP contribution in [0, 0.1) is 0 Å². The quantitative estimate of drug-likeness (QED) is 0.423. The van der Waals surface area contributed by atoms with Gasteiger partial charge in [0, 0.05) is 5.70 Å². The Kier molecular flexibility index (Phi) is 7.33. The summed E-state index contributed by atoms with van der Waals surface area (Å²) in [6.07, 6.45) is 2.20. The SMILES string of the molecule is CCCOC(=O)C1=C(C)Nc2ncnn2C1c1ccc(OCc2ccc(C(C)(C)C)cc2)c(OC)c1. The molecule has 0 spiro atoms. The normalized spacial score (nSPS) is 15.2. The molecular formula is C28H34N4O4. The Morgan fingerprint density at radius 2 is 1.86 bits per heavy atom. The first-order chi connectivity index (χ1) is 17.2. The van der Waals surface area contributed by atoms with Gasteiger partial charge in [-0.05, 0) is 47.6 Å². The number of methoxy groups -OCH3 is 1. The van der Waals surface area contributed by atoms with Gasteiger partial charge in [-0.15, -0.1) is 0 Å². The maximum atomic E-state index is 13.0. The molecule has 8 heteroatoms. The van der Waals surface area contributed by atoms with Crippen molar-refractivity contribution < 1.29 is 19.0 Å². The summed E-state index contributed by atoms with van der Waals surface area (Å²) >= 11 is 0. The predicted octanol–water partition coefficient (Wildman–Crippen LogP) is 5.41. The lowest BCUT2D eigenvalue weighted by molar-refractivity contribution is -0.139. The summed E-state index contributed by atoms with van der Waals surface area (Å²) in [5.41, 5.74) is 4.42. The van der Waals surface area contributed by atoms with Gasteiger partial charge in [0.25, 0.3) is 0 Å². The lowest BCUT2D eigenvalue weighted by Gasteiger charge is -2.28. The highest BCUT2D eigenvalue weighted by Crippen LogP contribution is 2.39. The fourth-order valence-corrected chi connectivity index (χ4v) is 4.17.